The van der Waals surface area contributed by atoms with Crippen LogP contribution in [0.2, 0.25) is 0 Å². The molecule has 1 aliphatic rings. The summed E-state index contributed by atoms with van der Waals surface area (Å²) in [4.78, 5) is 1.76. The van der Waals surface area contributed by atoms with Gasteiger partial charge in [0.15, 0.2) is 11.5 Å². The van der Waals surface area contributed by atoms with E-state index in [0.29, 0.717) is 18.0 Å². The molecule has 0 bridgehead atoms. The van der Waals surface area contributed by atoms with Crippen molar-refractivity contribution in [2.45, 2.75) is 24.7 Å². The maximum Gasteiger partial charge on any atom is 0.435 e. The third-order valence-electron chi connectivity index (χ3n) is 3.99. The fraction of sp³-hybridized carbons (Fsp3) is 0.375. The summed E-state index contributed by atoms with van der Waals surface area (Å²) in [6.45, 7) is 0.280. The maximum absolute atomic E-state index is 12.6. The van der Waals surface area contributed by atoms with Crippen LogP contribution >= 0.6 is 0 Å². The zero-order valence-electron chi connectivity index (χ0n) is 12.9. The first-order valence-electron chi connectivity index (χ1n) is 7.38. The van der Waals surface area contributed by atoms with Crippen molar-refractivity contribution >= 4 is 5.82 Å². The second-order valence-corrected chi connectivity index (χ2v) is 5.61. The third-order valence-corrected chi connectivity index (χ3v) is 3.99. The van der Waals surface area contributed by atoms with Crippen LogP contribution in [0.1, 0.15) is 23.7 Å². The van der Waals surface area contributed by atoms with Crippen molar-refractivity contribution in [1.82, 2.24) is 10.2 Å². The van der Waals surface area contributed by atoms with Crippen LogP contribution in [0, 0.1) is 0 Å². The van der Waals surface area contributed by atoms with Crippen molar-refractivity contribution in [2.24, 2.45) is 0 Å². The van der Waals surface area contributed by atoms with E-state index in [1.54, 1.807) is 18.1 Å². The number of benzene rings is 1. The number of halogens is 3. The largest absolute Gasteiger partial charge is 0.497 e. The summed E-state index contributed by atoms with van der Waals surface area (Å²) in [5, 5.41) is 17.0. The molecule has 1 saturated heterocycles. The van der Waals surface area contributed by atoms with Crippen LogP contribution in [-0.4, -0.2) is 35.1 Å². The first kappa shape index (κ1) is 16.5. The van der Waals surface area contributed by atoms with Crippen molar-refractivity contribution in [3.63, 3.8) is 0 Å². The van der Waals surface area contributed by atoms with Crippen molar-refractivity contribution in [3.8, 4) is 5.75 Å². The molecule has 2 heterocycles. The Kier molecular flexibility index (Phi) is 4.31. The average molecular weight is 339 g/mol. The molecule has 1 N–H and O–H groups in total. The van der Waals surface area contributed by atoms with E-state index in [9.17, 15) is 18.3 Å². The fourth-order valence-electron chi connectivity index (χ4n) is 2.86. The maximum atomic E-state index is 12.6. The molecule has 0 spiro atoms. The lowest BCUT2D eigenvalue weighted by Gasteiger charge is -2.25. The van der Waals surface area contributed by atoms with Crippen molar-refractivity contribution < 1.29 is 23.0 Å². The summed E-state index contributed by atoms with van der Waals surface area (Å²) in [6.07, 6.45) is -4.66. The Morgan fingerprint density at radius 3 is 2.62 bits per heavy atom. The van der Waals surface area contributed by atoms with E-state index >= 15 is 0 Å². The molecule has 0 aliphatic carbocycles. The highest BCUT2D eigenvalue weighted by Gasteiger charge is 2.36. The molecule has 5 nitrogen and oxygen atoms in total. The second-order valence-electron chi connectivity index (χ2n) is 5.61. The zero-order chi connectivity index (χ0) is 17.3. The van der Waals surface area contributed by atoms with Gasteiger partial charge in [0, 0.05) is 6.54 Å². The van der Waals surface area contributed by atoms with Crippen LogP contribution in [0.15, 0.2) is 36.4 Å². The smallest absolute Gasteiger partial charge is 0.435 e. The molecule has 1 aromatic carbocycles. The van der Waals surface area contributed by atoms with E-state index < -0.39 is 18.0 Å². The van der Waals surface area contributed by atoms with Crippen LogP contribution in [-0.2, 0) is 6.18 Å². The lowest BCUT2D eigenvalue weighted by molar-refractivity contribution is -0.141. The van der Waals surface area contributed by atoms with Gasteiger partial charge in [0.2, 0.25) is 0 Å². The van der Waals surface area contributed by atoms with Gasteiger partial charge in [-0.15, -0.1) is 10.2 Å². The number of aromatic nitrogens is 2. The van der Waals surface area contributed by atoms with Crippen molar-refractivity contribution in [3.05, 3.63) is 47.7 Å². The number of hydrogen-bond acceptors (Lipinski definition) is 5. The highest BCUT2D eigenvalue weighted by atomic mass is 19.4. The van der Waals surface area contributed by atoms with Gasteiger partial charge in [-0.1, -0.05) is 12.1 Å². The third kappa shape index (κ3) is 3.28. The Balaban J connectivity index is 1.90. The quantitative estimate of drug-likeness (QED) is 0.932. The van der Waals surface area contributed by atoms with Gasteiger partial charge in [0.05, 0.1) is 19.3 Å². The molecular weight excluding hydrogens is 323 g/mol. The second kappa shape index (κ2) is 6.27. The molecule has 2 aromatic rings. The summed E-state index contributed by atoms with van der Waals surface area (Å²) in [5.74, 6) is 0.972. The topological polar surface area (TPSA) is 58.5 Å². The average Bonchev–Trinajstić information content (AvgIpc) is 2.96. The SMILES string of the molecule is COc1cccc([C@@H]2C[C@H](O)CN2c2ccc(C(F)(F)F)nn2)c1. The first-order valence-corrected chi connectivity index (χ1v) is 7.38. The number of hydrogen-bond donors (Lipinski definition) is 1. The van der Waals surface area contributed by atoms with E-state index in [1.807, 2.05) is 18.2 Å². The lowest BCUT2D eigenvalue weighted by atomic mass is 10.0. The van der Waals surface area contributed by atoms with Gasteiger partial charge in [-0.2, -0.15) is 13.2 Å². The van der Waals surface area contributed by atoms with E-state index in [2.05, 4.69) is 10.2 Å². The Bertz CT molecular complexity index is 706. The molecule has 1 fully saturated rings. The van der Waals surface area contributed by atoms with Crippen LogP contribution in [0.4, 0.5) is 19.0 Å². The molecule has 24 heavy (non-hydrogen) atoms. The summed E-state index contributed by atoms with van der Waals surface area (Å²) in [5.41, 5.74) is -0.142. The number of ether oxygens (including phenoxy) is 1. The van der Waals surface area contributed by atoms with Crippen LogP contribution in [0.3, 0.4) is 0 Å². The van der Waals surface area contributed by atoms with Crippen molar-refractivity contribution in [1.29, 1.82) is 0 Å². The minimum atomic E-state index is -4.53. The number of aliphatic hydroxyl groups is 1. The summed E-state index contributed by atoms with van der Waals surface area (Å²) < 4.78 is 43.0. The van der Waals surface area contributed by atoms with Crippen LogP contribution in [0.5, 0.6) is 5.75 Å². The van der Waals surface area contributed by atoms with Crippen molar-refractivity contribution in [2.75, 3.05) is 18.6 Å². The van der Waals surface area contributed by atoms with Gasteiger partial charge >= 0.3 is 6.18 Å². The summed E-state index contributed by atoms with van der Waals surface area (Å²) in [6, 6.07) is 9.33. The number of alkyl halides is 3. The number of nitrogens with zero attached hydrogens (tertiary/aromatic N) is 3. The normalized spacial score (nSPS) is 21.1. The summed E-state index contributed by atoms with van der Waals surface area (Å²) in [7, 11) is 1.56. The monoisotopic (exact) mass is 339 g/mol. The predicted octanol–water partition coefficient (Wildman–Crippen LogP) is 2.82. The van der Waals surface area contributed by atoms with Gasteiger partial charge in [-0.3, -0.25) is 0 Å². The lowest BCUT2D eigenvalue weighted by Crippen LogP contribution is -2.26. The highest BCUT2D eigenvalue weighted by Crippen LogP contribution is 2.37. The van der Waals surface area contributed by atoms with Crippen LogP contribution < -0.4 is 9.64 Å². The van der Waals surface area contributed by atoms with Gasteiger partial charge in [-0.05, 0) is 36.2 Å². The predicted molar refractivity (Wildman–Crippen MR) is 80.7 cm³/mol. The van der Waals surface area contributed by atoms with E-state index in [0.717, 1.165) is 11.6 Å². The van der Waals surface area contributed by atoms with Gasteiger partial charge in [0.1, 0.15) is 5.75 Å². The Morgan fingerprint density at radius 1 is 1.21 bits per heavy atom. The minimum Gasteiger partial charge on any atom is -0.497 e. The molecule has 0 radical (unpaired) electrons. The highest BCUT2D eigenvalue weighted by molar-refractivity contribution is 5.45. The standard InChI is InChI=1S/C16H16F3N3O2/c1-24-12-4-2-3-10(7-12)13-8-11(23)9-22(13)15-6-5-14(20-21-15)16(17,18)19/h2-7,11,13,23H,8-9H2,1H3/t11-,13-/m0/s1. The molecule has 8 heteroatoms. The molecule has 1 aromatic heterocycles. The number of aliphatic hydroxyl groups excluding tert-OH is 1. The van der Waals surface area contributed by atoms with Gasteiger partial charge in [0.25, 0.3) is 0 Å². The summed E-state index contributed by atoms with van der Waals surface area (Å²) >= 11 is 0. The number of rotatable bonds is 3. The molecule has 0 saturated carbocycles. The number of β-amino-alcohol motifs (C(OH)–C–C–N with tert-alkyl or cyclic N) is 1. The zero-order valence-corrected chi connectivity index (χ0v) is 12.9. The van der Waals surface area contributed by atoms with Gasteiger partial charge < -0.3 is 14.7 Å². The number of methoxy groups -OCH3 is 1. The number of anilines is 1. The Morgan fingerprint density at radius 2 is 2.00 bits per heavy atom. The Hall–Kier alpha value is -2.35. The molecule has 0 amide bonds. The van der Waals surface area contributed by atoms with Gasteiger partial charge in [-0.25, -0.2) is 0 Å². The molecule has 3 rings (SSSR count). The Labute approximate surface area is 136 Å². The van der Waals surface area contributed by atoms with E-state index in [4.69, 9.17) is 4.74 Å². The molecular formula is C16H16F3N3O2. The fourth-order valence-corrected chi connectivity index (χ4v) is 2.86. The molecule has 2 atom stereocenters. The molecule has 0 unspecified atom stereocenters. The minimum absolute atomic E-state index is 0.207. The van der Waals surface area contributed by atoms with E-state index in [1.165, 1.54) is 6.07 Å². The molecule has 1 aliphatic heterocycles. The van der Waals surface area contributed by atoms with Crippen LogP contribution in [0.25, 0.3) is 0 Å². The first-order chi connectivity index (χ1) is 11.4. The molecule has 128 valence electrons. The van der Waals surface area contributed by atoms with E-state index in [-0.39, 0.29) is 12.6 Å².